The molecule has 1 aliphatic rings. The number of rotatable bonds is 6. The van der Waals surface area contributed by atoms with Crippen molar-refractivity contribution in [2.24, 2.45) is 0 Å². The molecule has 1 amide bonds. The topological polar surface area (TPSA) is 102 Å². The van der Waals surface area contributed by atoms with Crippen LogP contribution in [0.15, 0.2) is 41.3 Å². The molecule has 0 unspecified atom stereocenters. The number of sulfonamides is 1. The number of para-hydroxylation sites is 1. The summed E-state index contributed by atoms with van der Waals surface area (Å²) in [5.74, 6) is -2.48. The van der Waals surface area contributed by atoms with Crippen molar-refractivity contribution in [3.63, 3.8) is 0 Å². The molecule has 1 fully saturated rings. The number of nitrogens with one attached hydrogen (secondary N) is 1. The van der Waals surface area contributed by atoms with Gasteiger partial charge >= 0.3 is 5.97 Å². The predicted octanol–water partition coefficient (Wildman–Crippen LogP) is 2.95. The Kier molecular flexibility index (Phi) is 7.50. The highest BCUT2D eigenvalue weighted by atomic mass is 35.5. The molecule has 2 aromatic rings. The summed E-state index contributed by atoms with van der Waals surface area (Å²) in [6.45, 7) is -0.000837. The third kappa shape index (κ3) is 5.52. The van der Waals surface area contributed by atoms with Crippen LogP contribution < -0.4 is 5.32 Å². The molecule has 1 heterocycles. The first kappa shape index (κ1) is 23.4. The van der Waals surface area contributed by atoms with Crippen molar-refractivity contribution in [3.05, 3.63) is 57.8 Å². The molecule has 0 bridgehead atoms. The molecule has 0 aromatic heterocycles. The highest BCUT2D eigenvalue weighted by Crippen LogP contribution is 2.31. The fraction of sp³-hybridized carbons (Fsp3) is 0.263. The number of benzene rings is 2. The van der Waals surface area contributed by atoms with E-state index < -0.39 is 34.3 Å². The molecule has 0 aliphatic carbocycles. The summed E-state index contributed by atoms with van der Waals surface area (Å²) in [7, 11) is -4.01. The number of hydrogen-bond acceptors (Lipinski definition) is 6. The molecule has 0 saturated carbocycles. The molecule has 0 spiro atoms. The van der Waals surface area contributed by atoms with E-state index in [9.17, 15) is 22.4 Å². The van der Waals surface area contributed by atoms with Gasteiger partial charge in [-0.15, -0.1) is 0 Å². The minimum atomic E-state index is -4.01. The zero-order chi connectivity index (χ0) is 22.6. The van der Waals surface area contributed by atoms with Gasteiger partial charge in [-0.1, -0.05) is 35.3 Å². The van der Waals surface area contributed by atoms with Gasteiger partial charge in [-0.25, -0.2) is 17.6 Å². The Hall–Kier alpha value is -2.24. The summed E-state index contributed by atoms with van der Waals surface area (Å²) < 4.78 is 50.6. The summed E-state index contributed by atoms with van der Waals surface area (Å²) in [6.07, 6.45) is 0. The van der Waals surface area contributed by atoms with Crippen molar-refractivity contribution in [2.75, 3.05) is 38.2 Å². The number of anilines is 1. The lowest BCUT2D eigenvalue weighted by atomic mass is 10.2. The molecule has 0 atom stereocenters. The van der Waals surface area contributed by atoms with E-state index in [4.69, 9.17) is 32.7 Å². The first-order valence-corrected chi connectivity index (χ1v) is 11.2. The number of nitrogens with zero attached hydrogens (tertiary/aromatic N) is 1. The van der Waals surface area contributed by atoms with E-state index in [1.807, 2.05) is 0 Å². The van der Waals surface area contributed by atoms with E-state index in [2.05, 4.69) is 5.32 Å². The molecular weight excluding hydrogens is 474 g/mol. The predicted molar refractivity (Wildman–Crippen MR) is 111 cm³/mol. The lowest BCUT2D eigenvalue weighted by molar-refractivity contribution is -0.119. The Labute approximate surface area is 187 Å². The molecule has 31 heavy (non-hydrogen) atoms. The maximum Gasteiger partial charge on any atom is 0.340 e. The van der Waals surface area contributed by atoms with Gasteiger partial charge in [0, 0.05) is 13.1 Å². The van der Waals surface area contributed by atoms with Crippen LogP contribution in [0.3, 0.4) is 0 Å². The Balaban J connectivity index is 1.74. The van der Waals surface area contributed by atoms with Gasteiger partial charge in [0.05, 0.1) is 34.5 Å². The number of amides is 1. The molecule has 3 rings (SSSR count). The number of morpholine rings is 1. The van der Waals surface area contributed by atoms with Gasteiger partial charge in [0.15, 0.2) is 6.61 Å². The Morgan fingerprint density at radius 1 is 1.13 bits per heavy atom. The number of hydrogen-bond donors (Lipinski definition) is 1. The molecule has 12 heteroatoms. The number of carbonyl (C=O) groups is 2. The van der Waals surface area contributed by atoms with E-state index in [1.165, 1.54) is 22.5 Å². The van der Waals surface area contributed by atoms with Crippen LogP contribution in [0.1, 0.15) is 10.4 Å². The first-order valence-electron chi connectivity index (χ1n) is 8.98. The number of halogens is 3. The molecule has 1 saturated heterocycles. The second kappa shape index (κ2) is 9.92. The molecule has 1 aliphatic heterocycles. The van der Waals surface area contributed by atoms with Crippen LogP contribution in [-0.2, 0) is 24.3 Å². The van der Waals surface area contributed by atoms with Crippen molar-refractivity contribution in [1.82, 2.24) is 4.31 Å². The standard InChI is InChI=1S/C19H17Cl2FN2O6S/c20-13-10-14(21)17(31(27,28)24-5-7-29-8-6-24)9-12(13)19(26)30-11-18(25)23-16-4-2-1-3-15(16)22/h1-4,9-10H,5-8,11H2,(H,23,25). The second-order valence-corrected chi connectivity index (χ2v) is 9.10. The number of esters is 1. The molecular formula is C19H17Cl2FN2O6S. The third-order valence-corrected chi connectivity index (χ3v) is 6.99. The normalized spacial score (nSPS) is 14.8. The number of ether oxygens (including phenoxy) is 2. The lowest BCUT2D eigenvalue weighted by Gasteiger charge is -2.26. The van der Waals surface area contributed by atoms with Gasteiger partial charge in [0.2, 0.25) is 10.0 Å². The summed E-state index contributed by atoms with van der Waals surface area (Å²) in [5.41, 5.74) is -0.358. The van der Waals surface area contributed by atoms with Gasteiger partial charge in [-0.3, -0.25) is 4.79 Å². The fourth-order valence-electron chi connectivity index (χ4n) is 2.77. The van der Waals surface area contributed by atoms with E-state index in [-0.39, 0.29) is 52.5 Å². The summed E-state index contributed by atoms with van der Waals surface area (Å²) in [5, 5.41) is 1.95. The van der Waals surface area contributed by atoms with Crippen LogP contribution in [0.4, 0.5) is 10.1 Å². The zero-order valence-electron chi connectivity index (χ0n) is 15.9. The van der Waals surface area contributed by atoms with Crippen LogP contribution >= 0.6 is 23.2 Å². The zero-order valence-corrected chi connectivity index (χ0v) is 18.3. The highest BCUT2D eigenvalue weighted by molar-refractivity contribution is 7.89. The minimum absolute atomic E-state index is 0.0769. The van der Waals surface area contributed by atoms with Gasteiger partial charge < -0.3 is 14.8 Å². The lowest BCUT2D eigenvalue weighted by Crippen LogP contribution is -2.40. The smallest absolute Gasteiger partial charge is 0.340 e. The summed E-state index contributed by atoms with van der Waals surface area (Å²) in [4.78, 5) is 24.1. The summed E-state index contributed by atoms with van der Waals surface area (Å²) in [6, 6.07) is 7.60. The van der Waals surface area contributed by atoms with Crippen molar-refractivity contribution in [2.45, 2.75) is 4.90 Å². The fourth-order valence-corrected chi connectivity index (χ4v) is 5.00. The highest BCUT2D eigenvalue weighted by Gasteiger charge is 2.30. The van der Waals surface area contributed by atoms with Gasteiger partial charge in [0.1, 0.15) is 10.7 Å². The van der Waals surface area contributed by atoms with Gasteiger partial charge in [-0.2, -0.15) is 4.31 Å². The Bertz CT molecular complexity index is 1110. The summed E-state index contributed by atoms with van der Waals surface area (Å²) >= 11 is 12.1. The Morgan fingerprint density at radius 3 is 2.48 bits per heavy atom. The van der Waals surface area contributed by atoms with Crippen LogP contribution in [-0.4, -0.2) is 57.5 Å². The van der Waals surface area contributed by atoms with E-state index >= 15 is 0 Å². The number of carbonyl (C=O) groups excluding carboxylic acids is 2. The van der Waals surface area contributed by atoms with Crippen molar-refractivity contribution >= 4 is 50.8 Å². The SMILES string of the molecule is O=C(COC(=O)c1cc(S(=O)(=O)N2CCOCC2)c(Cl)cc1Cl)Nc1ccccc1F. The van der Waals surface area contributed by atoms with Crippen LogP contribution in [0, 0.1) is 5.82 Å². The average molecular weight is 491 g/mol. The molecule has 166 valence electrons. The monoisotopic (exact) mass is 490 g/mol. The van der Waals surface area contributed by atoms with E-state index in [0.29, 0.717) is 0 Å². The largest absolute Gasteiger partial charge is 0.452 e. The average Bonchev–Trinajstić information content (AvgIpc) is 2.74. The van der Waals surface area contributed by atoms with Crippen LogP contribution in [0.2, 0.25) is 10.0 Å². The quantitative estimate of drug-likeness (QED) is 0.624. The minimum Gasteiger partial charge on any atom is -0.452 e. The third-order valence-electron chi connectivity index (χ3n) is 4.31. The van der Waals surface area contributed by atoms with Gasteiger partial charge in [0.25, 0.3) is 5.91 Å². The van der Waals surface area contributed by atoms with E-state index in [1.54, 1.807) is 0 Å². The van der Waals surface area contributed by atoms with Crippen LogP contribution in [0.5, 0.6) is 0 Å². The van der Waals surface area contributed by atoms with Crippen molar-refractivity contribution < 1.29 is 31.9 Å². The van der Waals surface area contributed by atoms with Gasteiger partial charge in [-0.05, 0) is 24.3 Å². The maximum atomic E-state index is 13.6. The molecule has 1 N–H and O–H groups in total. The van der Waals surface area contributed by atoms with Crippen LogP contribution in [0.25, 0.3) is 0 Å². The maximum absolute atomic E-state index is 13.6. The molecule has 8 nitrogen and oxygen atoms in total. The molecule has 0 radical (unpaired) electrons. The molecule has 2 aromatic carbocycles. The van der Waals surface area contributed by atoms with Crippen molar-refractivity contribution in [1.29, 1.82) is 0 Å². The first-order chi connectivity index (χ1) is 14.7. The Morgan fingerprint density at radius 2 is 1.81 bits per heavy atom. The van der Waals surface area contributed by atoms with E-state index in [0.717, 1.165) is 18.2 Å². The second-order valence-electron chi connectivity index (χ2n) is 6.38. The van der Waals surface area contributed by atoms with Crippen molar-refractivity contribution in [3.8, 4) is 0 Å².